The third-order valence-electron chi connectivity index (χ3n) is 2.29. The Labute approximate surface area is 88.0 Å². The molecule has 1 amide bonds. The van der Waals surface area contributed by atoms with Crippen molar-refractivity contribution >= 4 is 11.7 Å². The number of hydrogen-bond donors (Lipinski definition) is 1. The minimum atomic E-state index is -0.300. The van der Waals surface area contributed by atoms with Gasteiger partial charge in [-0.25, -0.2) is 0 Å². The number of hydrogen-bond acceptors (Lipinski definition) is 3. The van der Waals surface area contributed by atoms with E-state index in [-0.39, 0.29) is 11.9 Å². The van der Waals surface area contributed by atoms with E-state index in [4.69, 9.17) is 4.74 Å². The summed E-state index contributed by atoms with van der Waals surface area (Å²) in [6, 6.07) is 7.15. The summed E-state index contributed by atoms with van der Waals surface area (Å²) in [6.07, 6.45) is 0. The molecule has 78 valence electrons. The average Bonchev–Trinajstić information content (AvgIpc) is 2.59. The molecule has 15 heavy (non-hydrogen) atoms. The maximum absolute atomic E-state index is 11.3. The van der Waals surface area contributed by atoms with E-state index in [2.05, 4.69) is 10.3 Å². The third kappa shape index (κ3) is 1.83. The lowest BCUT2D eigenvalue weighted by Crippen LogP contribution is -2.27. The highest BCUT2D eigenvalue weighted by atomic mass is 16.5. The van der Waals surface area contributed by atoms with Crippen LogP contribution in [0, 0.1) is 0 Å². The van der Waals surface area contributed by atoms with Crippen molar-refractivity contribution in [3.8, 4) is 5.75 Å². The molecule has 1 aliphatic rings. The molecule has 1 heterocycles. The minimum absolute atomic E-state index is 0.0622. The number of rotatable bonds is 2. The molecule has 0 saturated carbocycles. The van der Waals surface area contributed by atoms with Gasteiger partial charge in [0.05, 0.1) is 7.11 Å². The number of carbonyl (C=O) groups excluding carboxylic acids is 1. The van der Waals surface area contributed by atoms with Crippen LogP contribution >= 0.6 is 0 Å². The smallest absolute Gasteiger partial charge is 0.250 e. The summed E-state index contributed by atoms with van der Waals surface area (Å²) in [6.45, 7) is 1.77. The van der Waals surface area contributed by atoms with E-state index >= 15 is 0 Å². The van der Waals surface area contributed by atoms with Crippen LogP contribution in [0.5, 0.6) is 5.75 Å². The van der Waals surface area contributed by atoms with Gasteiger partial charge in [0, 0.05) is 5.56 Å². The van der Waals surface area contributed by atoms with Crippen molar-refractivity contribution < 1.29 is 9.53 Å². The van der Waals surface area contributed by atoms with Crippen LogP contribution in [0.1, 0.15) is 12.5 Å². The molecule has 0 bridgehead atoms. The number of nitrogens with zero attached hydrogens (tertiary/aromatic N) is 1. The monoisotopic (exact) mass is 204 g/mol. The highest BCUT2D eigenvalue weighted by Gasteiger charge is 2.22. The fraction of sp³-hybridized carbons (Fsp3) is 0.273. The fourth-order valence-corrected chi connectivity index (χ4v) is 1.42. The zero-order chi connectivity index (χ0) is 10.8. The molecule has 0 fully saturated rings. The Kier molecular flexibility index (Phi) is 2.41. The third-order valence-corrected chi connectivity index (χ3v) is 2.29. The molecular formula is C11H12N2O2. The summed E-state index contributed by atoms with van der Waals surface area (Å²) in [7, 11) is 1.61. The summed E-state index contributed by atoms with van der Waals surface area (Å²) < 4.78 is 5.10. The quantitative estimate of drug-likeness (QED) is 0.780. The second-order valence-corrected chi connectivity index (χ2v) is 3.37. The predicted octanol–water partition coefficient (Wildman–Crippen LogP) is 0.960. The van der Waals surface area contributed by atoms with Gasteiger partial charge in [-0.1, -0.05) is 12.1 Å². The Hall–Kier alpha value is -1.84. The van der Waals surface area contributed by atoms with Gasteiger partial charge in [-0.2, -0.15) is 0 Å². The molecule has 1 aromatic carbocycles. The summed E-state index contributed by atoms with van der Waals surface area (Å²) in [5, 5.41) is 2.73. The maximum atomic E-state index is 11.3. The van der Waals surface area contributed by atoms with E-state index in [0.717, 1.165) is 11.3 Å². The molecule has 1 unspecified atom stereocenters. The molecular weight excluding hydrogens is 192 g/mol. The number of methoxy groups -OCH3 is 1. The van der Waals surface area contributed by atoms with E-state index in [1.807, 2.05) is 24.3 Å². The number of carbonyl (C=O) groups is 1. The molecule has 1 N–H and O–H groups in total. The van der Waals surface area contributed by atoms with Crippen LogP contribution in [-0.2, 0) is 4.79 Å². The second-order valence-electron chi connectivity index (χ2n) is 3.37. The number of amidine groups is 1. The lowest BCUT2D eigenvalue weighted by molar-refractivity contribution is -0.119. The van der Waals surface area contributed by atoms with Crippen molar-refractivity contribution in [3.05, 3.63) is 29.8 Å². The largest absolute Gasteiger partial charge is 0.497 e. The zero-order valence-electron chi connectivity index (χ0n) is 8.65. The van der Waals surface area contributed by atoms with Crippen molar-refractivity contribution in [2.24, 2.45) is 4.99 Å². The predicted molar refractivity (Wildman–Crippen MR) is 57.1 cm³/mol. The molecule has 0 radical (unpaired) electrons. The van der Waals surface area contributed by atoms with E-state index < -0.39 is 0 Å². The van der Waals surface area contributed by atoms with Crippen LogP contribution in [0.2, 0.25) is 0 Å². The van der Waals surface area contributed by atoms with Gasteiger partial charge in [0.2, 0.25) is 5.91 Å². The van der Waals surface area contributed by atoms with Crippen molar-refractivity contribution in [1.82, 2.24) is 5.32 Å². The summed E-state index contributed by atoms with van der Waals surface area (Å²) in [4.78, 5) is 15.5. The topological polar surface area (TPSA) is 50.7 Å². The van der Waals surface area contributed by atoms with E-state index in [1.54, 1.807) is 14.0 Å². The first-order chi connectivity index (χ1) is 7.20. The van der Waals surface area contributed by atoms with Gasteiger partial charge < -0.3 is 10.1 Å². The first-order valence-electron chi connectivity index (χ1n) is 4.74. The lowest BCUT2D eigenvalue weighted by Gasteiger charge is -2.03. The zero-order valence-corrected chi connectivity index (χ0v) is 8.65. The van der Waals surface area contributed by atoms with Crippen LogP contribution in [0.3, 0.4) is 0 Å². The first-order valence-corrected chi connectivity index (χ1v) is 4.74. The molecule has 0 spiro atoms. The normalized spacial score (nSPS) is 19.7. The SMILES string of the molecule is COc1cccc(C2=NC(C)C(=O)N2)c1. The van der Waals surface area contributed by atoms with Gasteiger partial charge in [-0.15, -0.1) is 0 Å². The van der Waals surface area contributed by atoms with Gasteiger partial charge in [0.25, 0.3) is 0 Å². The number of benzene rings is 1. The van der Waals surface area contributed by atoms with Crippen molar-refractivity contribution in [2.45, 2.75) is 13.0 Å². The summed E-state index contributed by atoms with van der Waals surface area (Å²) >= 11 is 0. The molecule has 0 aliphatic carbocycles. The Bertz CT molecular complexity index is 426. The molecule has 0 aromatic heterocycles. The standard InChI is InChI=1S/C11H12N2O2/c1-7-11(14)13-10(12-7)8-4-3-5-9(6-8)15-2/h3-7H,1-2H3,(H,12,13,14). The van der Waals surface area contributed by atoms with Crippen molar-refractivity contribution in [3.63, 3.8) is 0 Å². The number of amides is 1. The van der Waals surface area contributed by atoms with E-state index in [9.17, 15) is 4.79 Å². The maximum Gasteiger partial charge on any atom is 0.250 e. The Morgan fingerprint density at radius 2 is 2.27 bits per heavy atom. The average molecular weight is 204 g/mol. The molecule has 4 nitrogen and oxygen atoms in total. The molecule has 2 rings (SSSR count). The van der Waals surface area contributed by atoms with Gasteiger partial charge in [0.15, 0.2) is 0 Å². The molecule has 1 aliphatic heterocycles. The van der Waals surface area contributed by atoms with Crippen LogP contribution in [0.15, 0.2) is 29.3 Å². The Morgan fingerprint density at radius 1 is 1.47 bits per heavy atom. The van der Waals surface area contributed by atoms with Crippen molar-refractivity contribution in [2.75, 3.05) is 7.11 Å². The molecule has 0 saturated heterocycles. The molecule has 1 aromatic rings. The Morgan fingerprint density at radius 3 is 2.87 bits per heavy atom. The van der Waals surface area contributed by atoms with Crippen LogP contribution < -0.4 is 10.1 Å². The summed E-state index contributed by atoms with van der Waals surface area (Å²) in [5.41, 5.74) is 0.868. The number of ether oxygens (including phenoxy) is 1. The molecule has 1 atom stereocenters. The highest BCUT2D eigenvalue weighted by Crippen LogP contribution is 2.14. The van der Waals surface area contributed by atoms with E-state index in [1.165, 1.54) is 0 Å². The highest BCUT2D eigenvalue weighted by molar-refractivity contribution is 6.13. The van der Waals surface area contributed by atoms with Gasteiger partial charge in [-0.3, -0.25) is 9.79 Å². The van der Waals surface area contributed by atoms with Crippen LogP contribution in [0.4, 0.5) is 0 Å². The van der Waals surface area contributed by atoms with E-state index in [0.29, 0.717) is 5.84 Å². The number of nitrogens with one attached hydrogen (secondary N) is 1. The fourth-order valence-electron chi connectivity index (χ4n) is 1.42. The number of aliphatic imine (C=N–C) groups is 1. The van der Waals surface area contributed by atoms with Crippen LogP contribution in [-0.4, -0.2) is 24.9 Å². The van der Waals surface area contributed by atoms with Gasteiger partial charge in [0.1, 0.15) is 17.6 Å². The second kappa shape index (κ2) is 3.73. The van der Waals surface area contributed by atoms with Gasteiger partial charge in [-0.05, 0) is 19.1 Å². The van der Waals surface area contributed by atoms with Gasteiger partial charge >= 0.3 is 0 Å². The Balaban J connectivity index is 2.31. The summed E-state index contributed by atoms with van der Waals surface area (Å²) in [5.74, 6) is 1.31. The minimum Gasteiger partial charge on any atom is -0.497 e. The lowest BCUT2D eigenvalue weighted by atomic mass is 10.2. The van der Waals surface area contributed by atoms with Crippen molar-refractivity contribution in [1.29, 1.82) is 0 Å². The first kappa shape index (κ1) is 9.71. The van der Waals surface area contributed by atoms with Crippen LogP contribution in [0.25, 0.3) is 0 Å². The molecule has 4 heteroatoms.